The van der Waals surface area contributed by atoms with Gasteiger partial charge in [0.05, 0.1) is 0 Å². The summed E-state index contributed by atoms with van der Waals surface area (Å²) in [4.78, 5) is 5.56. The molecule has 1 heterocycles. The van der Waals surface area contributed by atoms with Gasteiger partial charge in [-0.3, -0.25) is 0 Å². The Kier molecular flexibility index (Phi) is 4.19. The Bertz CT molecular complexity index is 397. The van der Waals surface area contributed by atoms with E-state index < -0.39 is 6.36 Å². The molecule has 0 aromatic heterocycles. The quantitative estimate of drug-likeness (QED) is 0.843. The van der Waals surface area contributed by atoms with Crippen LogP contribution in [0.25, 0.3) is 0 Å². The van der Waals surface area contributed by atoms with Gasteiger partial charge in [0.2, 0.25) is 0 Å². The minimum absolute atomic E-state index is 0.253. The molecule has 1 saturated heterocycles. The monoisotopic (exact) mass is 274 g/mol. The summed E-state index contributed by atoms with van der Waals surface area (Å²) in [5.41, 5.74) is 0. The highest BCUT2D eigenvalue weighted by molar-refractivity contribution is 5.31. The van der Waals surface area contributed by atoms with E-state index >= 15 is 0 Å². The Hall–Kier alpha value is -1.43. The van der Waals surface area contributed by atoms with Crippen LogP contribution < -0.4 is 9.57 Å². The van der Waals surface area contributed by atoms with Crippen LogP contribution in [0.15, 0.2) is 24.3 Å². The summed E-state index contributed by atoms with van der Waals surface area (Å²) in [6.07, 6.45) is -2.76. The second-order valence-electron chi connectivity index (χ2n) is 4.48. The second-order valence-corrected chi connectivity index (χ2v) is 4.48. The Morgan fingerprint density at radius 2 is 1.58 bits per heavy atom. The van der Waals surface area contributed by atoms with Crippen molar-refractivity contribution in [1.29, 1.82) is 0 Å². The normalized spacial score (nSPS) is 18.3. The van der Waals surface area contributed by atoms with Gasteiger partial charge in [0.25, 0.3) is 0 Å². The predicted octanol–water partition coefficient (Wildman–Crippen LogP) is 3.43. The smallest absolute Gasteiger partial charge is 0.406 e. The molecule has 0 saturated carbocycles. The fourth-order valence-electron chi connectivity index (χ4n) is 1.85. The summed E-state index contributed by atoms with van der Waals surface area (Å²) in [5, 5.41) is 1.79. The highest BCUT2D eigenvalue weighted by atomic mass is 19.4. The molecule has 0 bridgehead atoms. The molecule has 1 fully saturated rings. The Morgan fingerprint density at radius 3 is 2.11 bits per heavy atom. The van der Waals surface area contributed by atoms with Crippen molar-refractivity contribution >= 4 is 0 Å². The lowest BCUT2D eigenvalue weighted by Crippen LogP contribution is -2.35. The molecule has 1 aromatic carbocycles. The van der Waals surface area contributed by atoms with Crippen LogP contribution in [0.5, 0.6) is 11.5 Å². The first-order chi connectivity index (χ1) is 8.92. The van der Waals surface area contributed by atoms with Crippen LogP contribution in [0.3, 0.4) is 0 Å². The number of hydrogen-bond acceptors (Lipinski definition) is 3. The third-order valence-electron chi connectivity index (χ3n) is 2.87. The lowest BCUT2D eigenvalue weighted by molar-refractivity contribution is -0.274. The number of ether oxygens (including phenoxy) is 1. The van der Waals surface area contributed by atoms with Gasteiger partial charge < -0.3 is 9.57 Å². The average molecular weight is 274 g/mol. The molecule has 0 amide bonds. The zero-order chi connectivity index (χ0) is 13.9. The minimum Gasteiger partial charge on any atom is -0.406 e. The molecule has 0 spiro atoms. The van der Waals surface area contributed by atoms with E-state index in [4.69, 9.17) is 4.84 Å². The molecular weight excluding hydrogens is 259 g/mol. The molecule has 2 rings (SSSR count). The third-order valence-corrected chi connectivity index (χ3v) is 2.87. The maximum atomic E-state index is 12.0. The zero-order valence-corrected chi connectivity index (χ0v) is 10.3. The van der Waals surface area contributed by atoms with Crippen LogP contribution in [0.4, 0.5) is 13.2 Å². The van der Waals surface area contributed by atoms with Gasteiger partial charge in [0.1, 0.15) is 11.5 Å². The van der Waals surface area contributed by atoms with Crippen molar-refractivity contribution in [3.63, 3.8) is 0 Å². The van der Waals surface area contributed by atoms with Crippen LogP contribution >= 0.6 is 0 Å². The van der Waals surface area contributed by atoms with Crippen molar-refractivity contribution in [1.82, 2.24) is 5.06 Å². The van der Waals surface area contributed by atoms with Crippen LogP contribution in [-0.2, 0) is 0 Å². The molecule has 1 radical (unpaired) electrons. The number of alkyl halides is 3. The molecule has 105 valence electrons. The Labute approximate surface area is 109 Å². The molecule has 0 aliphatic carbocycles. The van der Waals surface area contributed by atoms with Gasteiger partial charge in [0, 0.05) is 13.1 Å². The molecule has 6 heteroatoms. The predicted molar refractivity (Wildman–Crippen MR) is 63.4 cm³/mol. The Morgan fingerprint density at radius 1 is 1.05 bits per heavy atom. The van der Waals surface area contributed by atoms with E-state index in [0.29, 0.717) is 11.7 Å². The fraction of sp³-hybridized carbons (Fsp3) is 0.462. The van der Waals surface area contributed by atoms with E-state index in [1.165, 1.54) is 24.3 Å². The molecule has 0 atom stereocenters. The van der Waals surface area contributed by atoms with Gasteiger partial charge in [-0.25, -0.2) is 0 Å². The summed E-state index contributed by atoms with van der Waals surface area (Å²) >= 11 is 0. The average Bonchev–Trinajstić information content (AvgIpc) is 2.33. The molecular formula is C13H15F3NO2. The van der Waals surface area contributed by atoms with Crippen LogP contribution in [0.1, 0.15) is 12.8 Å². The van der Waals surface area contributed by atoms with Crippen molar-refractivity contribution in [3.05, 3.63) is 31.2 Å². The number of rotatable bonds is 3. The van der Waals surface area contributed by atoms with Crippen molar-refractivity contribution in [2.24, 2.45) is 5.92 Å². The summed E-state index contributed by atoms with van der Waals surface area (Å²) in [6.45, 7) is 5.52. The first-order valence-electron chi connectivity index (χ1n) is 6.04. The van der Waals surface area contributed by atoms with E-state index in [1.54, 1.807) is 5.06 Å². The zero-order valence-electron chi connectivity index (χ0n) is 10.3. The van der Waals surface area contributed by atoms with Gasteiger partial charge in [-0.15, -0.1) is 18.2 Å². The number of nitrogens with zero attached hydrogens (tertiary/aromatic N) is 1. The maximum Gasteiger partial charge on any atom is 0.573 e. The number of hydrogen-bond donors (Lipinski definition) is 0. The van der Waals surface area contributed by atoms with Gasteiger partial charge in [-0.1, -0.05) is 6.92 Å². The van der Waals surface area contributed by atoms with Gasteiger partial charge in [0.15, 0.2) is 0 Å². The number of hydroxylamine groups is 2. The summed E-state index contributed by atoms with van der Waals surface area (Å²) in [6, 6.07) is 5.38. The summed E-state index contributed by atoms with van der Waals surface area (Å²) in [5.74, 6) is 0.691. The molecule has 3 nitrogen and oxygen atoms in total. The Balaban J connectivity index is 1.88. The lowest BCUT2D eigenvalue weighted by Gasteiger charge is -2.29. The molecule has 1 aliphatic rings. The third kappa shape index (κ3) is 4.63. The minimum atomic E-state index is -4.67. The van der Waals surface area contributed by atoms with Crippen LogP contribution in [0, 0.1) is 12.8 Å². The van der Waals surface area contributed by atoms with Crippen molar-refractivity contribution in [2.45, 2.75) is 19.2 Å². The van der Waals surface area contributed by atoms with Gasteiger partial charge in [-0.2, -0.15) is 0 Å². The van der Waals surface area contributed by atoms with Gasteiger partial charge in [-0.05, 0) is 43.0 Å². The SMILES string of the molecule is [CH2]C1CCN(Oc2ccc(OC(F)(F)F)cc2)CC1. The van der Waals surface area contributed by atoms with E-state index in [1.807, 2.05) is 0 Å². The number of halogens is 3. The van der Waals surface area contributed by atoms with E-state index in [2.05, 4.69) is 11.7 Å². The molecule has 19 heavy (non-hydrogen) atoms. The second kappa shape index (κ2) is 5.69. The lowest BCUT2D eigenvalue weighted by atomic mass is 10.0. The standard InChI is InChI=1S/C13H15F3NO2/c1-10-6-8-17(9-7-10)19-12-4-2-11(3-5-12)18-13(14,15)16/h2-5,10H,1,6-9H2. The molecule has 1 aliphatic heterocycles. The first kappa shape index (κ1) is 14.0. The fourth-order valence-corrected chi connectivity index (χ4v) is 1.85. The molecule has 1 aromatic rings. The molecule has 0 unspecified atom stereocenters. The van der Waals surface area contributed by atoms with Crippen molar-refractivity contribution in [2.75, 3.05) is 13.1 Å². The molecule has 0 N–H and O–H groups in total. The highest BCUT2D eigenvalue weighted by Crippen LogP contribution is 2.25. The maximum absolute atomic E-state index is 12.0. The van der Waals surface area contributed by atoms with Gasteiger partial charge >= 0.3 is 6.36 Å². The largest absolute Gasteiger partial charge is 0.573 e. The summed E-state index contributed by atoms with van der Waals surface area (Å²) in [7, 11) is 0. The number of benzene rings is 1. The number of piperidine rings is 1. The summed E-state index contributed by atoms with van der Waals surface area (Å²) < 4.78 is 39.7. The topological polar surface area (TPSA) is 21.7 Å². The van der Waals surface area contributed by atoms with Crippen LogP contribution in [0.2, 0.25) is 0 Å². The van der Waals surface area contributed by atoms with Crippen LogP contribution in [-0.4, -0.2) is 24.5 Å². The van der Waals surface area contributed by atoms with E-state index in [-0.39, 0.29) is 5.75 Å². The van der Waals surface area contributed by atoms with E-state index in [9.17, 15) is 13.2 Å². The van der Waals surface area contributed by atoms with Crippen molar-refractivity contribution in [3.8, 4) is 11.5 Å². The highest BCUT2D eigenvalue weighted by Gasteiger charge is 2.31. The first-order valence-corrected chi connectivity index (χ1v) is 6.04. The van der Waals surface area contributed by atoms with Crippen molar-refractivity contribution < 1.29 is 22.7 Å². The van der Waals surface area contributed by atoms with E-state index in [0.717, 1.165) is 25.9 Å².